The van der Waals surface area contributed by atoms with E-state index < -0.39 is 5.41 Å². The molecule has 3 aromatic heterocycles. The Morgan fingerprint density at radius 1 is 0.975 bits per heavy atom. The lowest BCUT2D eigenvalue weighted by molar-refractivity contribution is -0.137. The van der Waals surface area contributed by atoms with Gasteiger partial charge in [-0.2, -0.15) is 5.10 Å². The van der Waals surface area contributed by atoms with Crippen molar-refractivity contribution >= 4 is 34.2 Å². The van der Waals surface area contributed by atoms with Crippen LogP contribution in [-0.2, 0) is 36.3 Å². The molecule has 0 radical (unpaired) electrons. The maximum absolute atomic E-state index is 13.3. The highest BCUT2D eigenvalue weighted by Crippen LogP contribution is 2.39. The van der Waals surface area contributed by atoms with E-state index in [1.165, 1.54) is 0 Å². The fraction of sp³-hybridized carbons (Fsp3) is 0.400. The molecule has 0 unspecified atom stereocenters. The molecule has 0 N–H and O–H groups in total. The predicted octanol–water partition coefficient (Wildman–Crippen LogP) is 3.69. The zero-order chi connectivity index (χ0) is 28.8. The van der Waals surface area contributed by atoms with Crippen molar-refractivity contribution in [1.29, 1.82) is 0 Å². The highest BCUT2D eigenvalue weighted by molar-refractivity contribution is 6.19. The van der Waals surface area contributed by atoms with E-state index in [-0.39, 0.29) is 17.4 Å². The molecule has 40 heavy (non-hydrogen) atoms. The van der Waals surface area contributed by atoms with Gasteiger partial charge in [0.2, 0.25) is 11.8 Å². The minimum atomic E-state index is -1.16. The maximum atomic E-state index is 13.3. The number of benzene rings is 1. The van der Waals surface area contributed by atoms with Gasteiger partial charge >= 0.3 is 0 Å². The van der Waals surface area contributed by atoms with Crippen molar-refractivity contribution < 1.29 is 14.0 Å². The summed E-state index contributed by atoms with van der Waals surface area (Å²) in [4.78, 5) is 45.2. The van der Waals surface area contributed by atoms with E-state index in [1.807, 2.05) is 55.9 Å². The van der Waals surface area contributed by atoms with Gasteiger partial charge in [-0.15, -0.1) is 0 Å². The van der Waals surface area contributed by atoms with Crippen LogP contribution in [0.4, 0.5) is 11.4 Å². The standard InChI is InChI=1S/C30H36N6O4/c1-7-36-24-9-8-21(17-25(24)32(5)28(38)30(3,4)29(36)39)18-34(19-22-10-12-31-33(22)6)14-15-35-13-11-26-23(27(35)37)16-20(2)40-26/h8-13,16-17H,7,14-15,18-19H2,1-6H3. The predicted molar refractivity (Wildman–Crippen MR) is 154 cm³/mol. The quantitative estimate of drug-likeness (QED) is 0.314. The largest absolute Gasteiger partial charge is 0.461 e. The Balaban J connectivity index is 1.45. The number of carbonyl (C=O) groups excluding carboxylic acids is 2. The van der Waals surface area contributed by atoms with E-state index in [0.717, 1.165) is 16.9 Å². The van der Waals surface area contributed by atoms with Crippen molar-refractivity contribution in [2.45, 2.75) is 47.3 Å². The van der Waals surface area contributed by atoms with Crippen LogP contribution in [0.15, 0.2) is 58.0 Å². The molecule has 0 atom stereocenters. The second-order valence-electron chi connectivity index (χ2n) is 11.0. The molecule has 4 aromatic rings. The molecular weight excluding hydrogens is 508 g/mol. The first kappa shape index (κ1) is 27.4. The molecule has 0 fully saturated rings. The number of hydrogen-bond donors (Lipinski definition) is 0. The minimum Gasteiger partial charge on any atom is -0.461 e. The van der Waals surface area contributed by atoms with Crippen LogP contribution >= 0.6 is 0 Å². The average Bonchev–Trinajstić information content (AvgIpc) is 3.51. The molecule has 1 aromatic carbocycles. The first-order valence-corrected chi connectivity index (χ1v) is 13.5. The Labute approximate surface area is 233 Å². The molecule has 0 spiro atoms. The van der Waals surface area contributed by atoms with Gasteiger partial charge in [0.25, 0.3) is 5.56 Å². The van der Waals surface area contributed by atoms with Crippen LogP contribution < -0.4 is 15.4 Å². The molecule has 2 amide bonds. The monoisotopic (exact) mass is 544 g/mol. The fourth-order valence-corrected chi connectivity index (χ4v) is 5.43. The first-order chi connectivity index (χ1) is 19.0. The molecular formula is C30H36N6O4. The zero-order valence-electron chi connectivity index (χ0n) is 24.0. The van der Waals surface area contributed by atoms with Gasteiger partial charge in [-0.1, -0.05) is 6.07 Å². The summed E-state index contributed by atoms with van der Waals surface area (Å²) in [7, 11) is 3.64. The second kappa shape index (κ2) is 10.4. The van der Waals surface area contributed by atoms with Crippen molar-refractivity contribution in [3.05, 3.63) is 76.2 Å². The number of fused-ring (bicyclic) bond motifs is 2. The van der Waals surface area contributed by atoms with Crippen LogP contribution in [0.3, 0.4) is 0 Å². The highest BCUT2D eigenvalue weighted by atomic mass is 16.3. The van der Waals surface area contributed by atoms with E-state index in [1.54, 1.807) is 53.7 Å². The average molecular weight is 545 g/mol. The first-order valence-electron chi connectivity index (χ1n) is 13.5. The number of carbonyl (C=O) groups is 2. The van der Waals surface area contributed by atoms with Crippen molar-refractivity contribution in [3.63, 3.8) is 0 Å². The minimum absolute atomic E-state index is 0.0769. The molecule has 5 rings (SSSR count). The van der Waals surface area contributed by atoms with Gasteiger partial charge in [-0.05, 0) is 63.6 Å². The van der Waals surface area contributed by atoms with Gasteiger partial charge in [0.15, 0.2) is 0 Å². The Bertz CT molecular complexity index is 1650. The number of rotatable bonds is 8. The molecule has 0 saturated carbocycles. The highest BCUT2D eigenvalue weighted by Gasteiger charge is 2.45. The second-order valence-corrected chi connectivity index (χ2v) is 11.0. The third-order valence-corrected chi connectivity index (χ3v) is 7.78. The summed E-state index contributed by atoms with van der Waals surface area (Å²) in [5.74, 6) is 0.273. The summed E-state index contributed by atoms with van der Waals surface area (Å²) in [5, 5.41) is 4.89. The number of amides is 2. The van der Waals surface area contributed by atoms with E-state index in [9.17, 15) is 14.4 Å². The molecule has 210 valence electrons. The molecule has 1 aliphatic rings. The third-order valence-electron chi connectivity index (χ3n) is 7.78. The van der Waals surface area contributed by atoms with E-state index in [4.69, 9.17) is 4.42 Å². The van der Waals surface area contributed by atoms with E-state index in [2.05, 4.69) is 10.00 Å². The summed E-state index contributed by atoms with van der Waals surface area (Å²) in [6.07, 6.45) is 3.55. The van der Waals surface area contributed by atoms with Gasteiger partial charge < -0.3 is 18.8 Å². The summed E-state index contributed by atoms with van der Waals surface area (Å²) < 4.78 is 9.17. The number of nitrogens with zero attached hydrogens (tertiary/aromatic N) is 6. The molecule has 0 bridgehead atoms. The van der Waals surface area contributed by atoms with Crippen LogP contribution in [0.5, 0.6) is 0 Å². The van der Waals surface area contributed by atoms with Crippen molar-refractivity contribution in [1.82, 2.24) is 19.2 Å². The zero-order valence-corrected chi connectivity index (χ0v) is 24.0. The number of pyridine rings is 1. The van der Waals surface area contributed by atoms with Gasteiger partial charge in [0.1, 0.15) is 16.8 Å². The summed E-state index contributed by atoms with van der Waals surface area (Å²) in [5.41, 5.74) is 2.84. The number of aryl methyl sites for hydroxylation is 2. The number of hydrogen-bond acceptors (Lipinski definition) is 6. The Morgan fingerprint density at radius 2 is 1.75 bits per heavy atom. The topological polar surface area (TPSA) is 96.8 Å². The van der Waals surface area contributed by atoms with E-state index >= 15 is 0 Å². The summed E-state index contributed by atoms with van der Waals surface area (Å²) in [6, 6.07) is 11.5. The fourth-order valence-electron chi connectivity index (χ4n) is 5.43. The summed E-state index contributed by atoms with van der Waals surface area (Å²) >= 11 is 0. The number of furan rings is 1. The van der Waals surface area contributed by atoms with Crippen molar-refractivity contribution in [2.75, 3.05) is 29.9 Å². The van der Waals surface area contributed by atoms with Crippen LogP contribution in [0.2, 0.25) is 0 Å². The Morgan fingerprint density at radius 3 is 2.45 bits per heavy atom. The Kier molecular flexibility index (Phi) is 7.14. The van der Waals surface area contributed by atoms with Gasteiger partial charge in [0, 0.05) is 59.2 Å². The van der Waals surface area contributed by atoms with Crippen LogP contribution in [0.25, 0.3) is 11.0 Å². The Hall–Kier alpha value is -4.18. The SMILES string of the molecule is CCN1C(=O)C(C)(C)C(=O)N(C)c2cc(CN(CCn3ccc4oc(C)cc4c3=O)Cc3ccnn3C)ccc21. The molecule has 0 saturated heterocycles. The van der Waals surface area contributed by atoms with E-state index in [0.29, 0.717) is 55.1 Å². The normalized spacial score (nSPS) is 15.3. The molecule has 10 heteroatoms. The van der Waals surface area contributed by atoms with Gasteiger partial charge in [0.05, 0.1) is 22.5 Å². The third kappa shape index (κ3) is 4.83. The molecule has 1 aliphatic heterocycles. The van der Waals surface area contributed by atoms with Crippen LogP contribution in [0.1, 0.15) is 37.8 Å². The molecule has 4 heterocycles. The smallest absolute Gasteiger partial charge is 0.261 e. The van der Waals surface area contributed by atoms with Crippen molar-refractivity contribution in [3.8, 4) is 0 Å². The van der Waals surface area contributed by atoms with Crippen LogP contribution in [0, 0.1) is 12.3 Å². The summed E-state index contributed by atoms with van der Waals surface area (Å²) in [6.45, 7) is 9.88. The molecule has 10 nitrogen and oxygen atoms in total. The van der Waals surface area contributed by atoms with Gasteiger partial charge in [-0.25, -0.2) is 0 Å². The lowest BCUT2D eigenvalue weighted by Gasteiger charge is -2.27. The number of aromatic nitrogens is 3. The molecule has 0 aliphatic carbocycles. The van der Waals surface area contributed by atoms with Gasteiger partial charge in [-0.3, -0.25) is 24.0 Å². The maximum Gasteiger partial charge on any atom is 0.261 e. The lowest BCUT2D eigenvalue weighted by atomic mass is 9.90. The van der Waals surface area contributed by atoms with Crippen LogP contribution in [-0.4, -0.2) is 51.2 Å². The number of anilines is 2. The lowest BCUT2D eigenvalue weighted by Crippen LogP contribution is -2.47. The van der Waals surface area contributed by atoms with Crippen molar-refractivity contribution in [2.24, 2.45) is 12.5 Å².